The standard InChI is InChI=1S/C14H14N4O2/c1-14(7-15)4-2-8-6-10(18-12(16)13(17)20)11(19)9(8)3-5-14/h2-5,10H,6H2,1H3,(H2,16,18)(H2,17,20). The Hall–Kier alpha value is -2.68. The molecule has 102 valence electrons. The highest BCUT2D eigenvalue weighted by molar-refractivity contribution is 6.37. The molecule has 1 amide bonds. The molecule has 0 spiro atoms. The van der Waals surface area contributed by atoms with E-state index in [1.54, 1.807) is 31.2 Å². The normalized spacial score (nSPS) is 29.1. The number of rotatable bonds is 1. The Morgan fingerprint density at radius 2 is 2.10 bits per heavy atom. The predicted octanol–water partition coefficient (Wildman–Crippen LogP) is 0.123. The van der Waals surface area contributed by atoms with Crippen LogP contribution in [0.4, 0.5) is 0 Å². The second-order valence-electron chi connectivity index (χ2n) is 4.96. The third-order valence-corrected chi connectivity index (χ3v) is 3.34. The van der Waals surface area contributed by atoms with Crippen LogP contribution in [-0.4, -0.2) is 23.6 Å². The van der Waals surface area contributed by atoms with Crippen molar-refractivity contribution in [2.24, 2.45) is 21.9 Å². The van der Waals surface area contributed by atoms with Crippen molar-refractivity contribution in [3.8, 4) is 6.07 Å². The van der Waals surface area contributed by atoms with E-state index in [0.717, 1.165) is 5.57 Å². The van der Waals surface area contributed by atoms with Crippen LogP contribution in [0.2, 0.25) is 0 Å². The molecular weight excluding hydrogens is 256 g/mol. The maximum atomic E-state index is 12.2. The van der Waals surface area contributed by atoms with Gasteiger partial charge in [-0.05, 0) is 12.5 Å². The van der Waals surface area contributed by atoms with Crippen molar-refractivity contribution in [3.63, 3.8) is 0 Å². The van der Waals surface area contributed by atoms with E-state index in [0.29, 0.717) is 12.0 Å². The average molecular weight is 270 g/mol. The molecule has 0 radical (unpaired) electrons. The molecule has 0 aromatic heterocycles. The SMILES string of the molecule is CC1(C#N)C=CC2=C(C=C1)C(=O)C(N=C(N)C(N)=O)C2. The molecule has 0 aromatic rings. The van der Waals surface area contributed by atoms with Crippen molar-refractivity contribution < 1.29 is 9.59 Å². The van der Waals surface area contributed by atoms with Crippen LogP contribution in [0.3, 0.4) is 0 Å². The number of amidine groups is 1. The molecular formula is C14H14N4O2. The Labute approximate surface area is 116 Å². The summed E-state index contributed by atoms with van der Waals surface area (Å²) in [5, 5.41) is 9.09. The second-order valence-corrected chi connectivity index (χ2v) is 4.96. The molecule has 2 unspecified atom stereocenters. The van der Waals surface area contributed by atoms with Gasteiger partial charge in [0.2, 0.25) is 0 Å². The van der Waals surface area contributed by atoms with Gasteiger partial charge in [-0.3, -0.25) is 14.6 Å². The molecule has 0 fully saturated rings. The molecule has 4 N–H and O–H groups in total. The van der Waals surface area contributed by atoms with Gasteiger partial charge in [-0.1, -0.05) is 24.3 Å². The molecule has 0 bridgehead atoms. The van der Waals surface area contributed by atoms with Crippen LogP contribution in [0.25, 0.3) is 0 Å². The number of aliphatic imine (C=N–C) groups is 1. The molecule has 0 saturated heterocycles. The van der Waals surface area contributed by atoms with E-state index in [1.165, 1.54) is 0 Å². The molecule has 0 saturated carbocycles. The maximum Gasteiger partial charge on any atom is 0.283 e. The summed E-state index contributed by atoms with van der Waals surface area (Å²) in [6, 6.07) is 1.45. The van der Waals surface area contributed by atoms with E-state index in [-0.39, 0.29) is 11.6 Å². The van der Waals surface area contributed by atoms with Crippen LogP contribution in [0, 0.1) is 16.7 Å². The lowest BCUT2D eigenvalue weighted by molar-refractivity contribution is -0.115. The fourth-order valence-corrected chi connectivity index (χ4v) is 2.09. The first-order chi connectivity index (χ1) is 9.36. The Morgan fingerprint density at radius 1 is 1.45 bits per heavy atom. The second kappa shape index (κ2) is 4.78. The van der Waals surface area contributed by atoms with Crippen molar-refractivity contribution in [2.45, 2.75) is 19.4 Å². The van der Waals surface area contributed by atoms with E-state index < -0.39 is 17.4 Å². The number of hydrogen-bond donors (Lipinski definition) is 2. The van der Waals surface area contributed by atoms with E-state index in [2.05, 4.69) is 11.1 Å². The number of hydrogen-bond acceptors (Lipinski definition) is 4. The van der Waals surface area contributed by atoms with Crippen LogP contribution in [-0.2, 0) is 9.59 Å². The van der Waals surface area contributed by atoms with Gasteiger partial charge < -0.3 is 11.5 Å². The summed E-state index contributed by atoms with van der Waals surface area (Å²) >= 11 is 0. The van der Waals surface area contributed by atoms with Gasteiger partial charge in [0.15, 0.2) is 11.6 Å². The first kappa shape index (κ1) is 13.7. The van der Waals surface area contributed by atoms with Gasteiger partial charge in [-0.2, -0.15) is 5.26 Å². The summed E-state index contributed by atoms with van der Waals surface area (Å²) in [6.45, 7) is 1.76. The Kier molecular flexibility index (Phi) is 3.28. The van der Waals surface area contributed by atoms with Crippen LogP contribution in [0.5, 0.6) is 0 Å². The first-order valence-electron chi connectivity index (χ1n) is 6.06. The number of carbonyl (C=O) groups excluding carboxylic acids is 2. The lowest BCUT2D eigenvalue weighted by Gasteiger charge is -2.10. The number of carbonyl (C=O) groups is 2. The van der Waals surface area contributed by atoms with Gasteiger partial charge in [0.1, 0.15) is 6.04 Å². The number of nitrogens with zero attached hydrogens (tertiary/aromatic N) is 2. The summed E-state index contributed by atoms with van der Waals surface area (Å²) in [4.78, 5) is 26.9. The number of amides is 1. The van der Waals surface area contributed by atoms with E-state index in [9.17, 15) is 9.59 Å². The molecule has 20 heavy (non-hydrogen) atoms. The predicted molar refractivity (Wildman–Crippen MR) is 73.3 cm³/mol. The quantitative estimate of drug-likeness (QED) is 0.519. The highest BCUT2D eigenvalue weighted by Gasteiger charge is 2.33. The summed E-state index contributed by atoms with van der Waals surface area (Å²) < 4.78 is 0. The topological polar surface area (TPSA) is 122 Å². The van der Waals surface area contributed by atoms with Crippen molar-refractivity contribution in [1.29, 1.82) is 5.26 Å². The number of nitriles is 1. The summed E-state index contributed by atoms with van der Waals surface area (Å²) in [7, 11) is 0. The third kappa shape index (κ3) is 2.38. The molecule has 2 rings (SSSR count). The van der Waals surface area contributed by atoms with Crippen molar-refractivity contribution in [2.75, 3.05) is 0 Å². The minimum absolute atomic E-state index is 0.215. The number of primary amides is 1. The van der Waals surface area contributed by atoms with E-state index in [4.69, 9.17) is 16.7 Å². The lowest BCUT2D eigenvalue weighted by Crippen LogP contribution is -2.33. The van der Waals surface area contributed by atoms with Crippen LogP contribution in [0.15, 0.2) is 40.4 Å². The van der Waals surface area contributed by atoms with Crippen LogP contribution in [0.1, 0.15) is 13.3 Å². The van der Waals surface area contributed by atoms with Gasteiger partial charge in [0.05, 0.1) is 11.5 Å². The van der Waals surface area contributed by atoms with E-state index in [1.807, 2.05) is 0 Å². The molecule has 6 nitrogen and oxygen atoms in total. The highest BCUT2D eigenvalue weighted by Crippen LogP contribution is 2.33. The third-order valence-electron chi connectivity index (χ3n) is 3.34. The molecule has 0 aromatic carbocycles. The minimum atomic E-state index is -0.844. The largest absolute Gasteiger partial charge is 0.379 e. The monoisotopic (exact) mass is 270 g/mol. The molecule has 6 heteroatoms. The molecule has 2 atom stereocenters. The Balaban J connectivity index is 2.29. The van der Waals surface area contributed by atoms with Crippen LogP contribution >= 0.6 is 0 Å². The maximum absolute atomic E-state index is 12.2. The number of allylic oxidation sites excluding steroid dienone is 4. The number of nitrogens with two attached hydrogens (primary N) is 2. The number of ketones is 1. The van der Waals surface area contributed by atoms with Crippen molar-refractivity contribution in [3.05, 3.63) is 35.5 Å². The van der Waals surface area contributed by atoms with Gasteiger partial charge in [0.25, 0.3) is 5.91 Å². The molecule has 2 aliphatic carbocycles. The first-order valence-corrected chi connectivity index (χ1v) is 6.06. The van der Waals surface area contributed by atoms with Gasteiger partial charge in [-0.15, -0.1) is 0 Å². The van der Waals surface area contributed by atoms with Gasteiger partial charge in [-0.25, -0.2) is 0 Å². The highest BCUT2D eigenvalue weighted by atomic mass is 16.1. The van der Waals surface area contributed by atoms with Crippen molar-refractivity contribution in [1.82, 2.24) is 0 Å². The Morgan fingerprint density at radius 3 is 2.70 bits per heavy atom. The zero-order chi connectivity index (χ0) is 14.9. The summed E-state index contributed by atoms with van der Waals surface area (Å²) in [5.74, 6) is -1.41. The van der Waals surface area contributed by atoms with Gasteiger partial charge in [0, 0.05) is 12.0 Å². The molecule has 0 heterocycles. The average Bonchev–Trinajstić information content (AvgIpc) is 2.60. The van der Waals surface area contributed by atoms with E-state index >= 15 is 0 Å². The lowest BCUT2D eigenvalue weighted by atomic mass is 9.91. The fourth-order valence-electron chi connectivity index (χ4n) is 2.09. The zero-order valence-corrected chi connectivity index (χ0v) is 11.0. The summed E-state index contributed by atoms with van der Waals surface area (Å²) in [6.07, 6.45) is 7.16. The molecule has 2 aliphatic rings. The zero-order valence-electron chi connectivity index (χ0n) is 11.0. The fraction of sp³-hybridized carbons (Fsp3) is 0.286. The molecule has 0 aliphatic heterocycles. The minimum Gasteiger partial charge on any atom is -0.379 e. The Bertz CT molecular complexity index is 649. The summed E-state index contributed by atoms with van der Waals surface area (Å²) in [5.41, 5.74) is 10.9. The number of Topliss-reactive ketones (excluding diaryl/α,β-unsaturated/α-hetero) is 1. The van der Waals surface area contributed by atoms with Crippen LogP contribution < -0.4 is 11.5 Å². The van der Waals surface area contributed by atoms with Crippen molar-refractivity contribution >= 4 is 17.5 Å². The smallest absolute Gasteiger partial charge is 0.283 e. The van der Waals surface area contributed by atoms with Gasteiger partial charge >= 0.3 is 0 Å².